The number of aryl methyl sites for hydroxylation is 3. The molecule has 0 saturated carbocycles. The summed E-state index contributed by atoms with van der Waals surface area (Å²) in [4.78, 5) is 4.61. The lowest BCUT2D eigenvalue weighted by Gasteiger charge is -2.21. The van der Waals surface area contributed by atoms with Gasteiger partial charge in [0.25, 0.3) is 0 Å². The largest absolute Gasteiger partial charge is 0.310 e. The Morgan fingerprint density at radius 1 is 1.25 bits per heavy atom. The lowest BCUT2D eigenvalue weighted by Crippen LogP contribution is -2.25. The summed E-state index contributed by atoms with van der Waals surface area (Å²) in [5.41, 5.74) is 5.28. The molecule has 0 aliphatic rings. The molecule has 0 saturated heterocycles. The van der Waals surface area contributed by atoms with E-state index in [-0.39, 0.29) is 0 Å². The number of hydrogen-bond acceptors (Lipinski definition) is 3. The van der Waals surface area contributed by atoms with Gasteiger partial charge in [0, 0.05) is 17.8 Å². The van der Waals surface area contributed by atoms with Crippen molar-refractivity contribution < 1.29 is 0 Å². The van der Waals surface area contributed by atoms with Gasteiger partial charge in [0.2, 0.25) is 0 Å². The van der Waals surface area contributed by atoms with Crippen LogP contribution in [0.1, 0.15) is 46.8 Å². The van der Waals surface area contributed by atoms with Crippen molar-refractivity contribution in [3.05, 3.63) is 51.0 Å². The second-order valence-corrected chi connectivity index (χ2v) is 6.49. The molecule has 2 aromatic rings. The molecule has 2 rings (SSSR count). The van der Waals surface area contributed by atoms with E-state index in [0.717, 1.165) is 24.4 Å². The molecule has 0 aliphatic heterocycles. The van der Waals surface area contributed by atoms with Crippen LogP contribution in [0.15, 0.2) is 23.6 Å². The average molecular weight is 288 g/mol. The zero-order chi connectivity index (χ0) is 14.5. The van der Waals surface area contributed by atoms with Crippen molar-refractivity contribution in [3.63, 3.8) is 0 Å². The monoisotopic (exact) mass is 288 g/mol. The number of nitrogens with zero attached hydrogens (tertiary/aromatic N) is 1. The Hall–Kier alpha value is -1.19. The van der Waals surface area contributed by atoms with Crippen LogP contribution < -0.4 is 5.32 Å². The summed E-state index contributed by atoms with van der Waals surface area (Å²) >= 11 is 1.73. The van der Waals surface area contributed by atoms with Gasteiger partial charge in [-0.05, 0) is 44.9 Å². The number of hydrogen-bond donors (Lipinski definition) is 1. The van der Waals surface area contributed by atoms with Gasteiger partial charge in [-0.3, -0.25) is 0 Å². The Bertz CT molecular complexity index is 560. The molecule has 108 valence electrons. The second kappa shape index (κ2) is 7.00. The van der Waals surface area contributed by atoms with Crippen molar-refractivity contribution in [1.29, 1.82) is 0 Å². The van der Waals surface area contributed by atoms with Gasteiger partial charge < -0.3 is 5.32 Å². The zero-order valence-electron chi connectivity index (χ0n) is 12.9. The van der Waals surface area contributed by atoms with Crippen LogP contribution in [0.3, 0.4) is 0 Å². The van der Waals surface area contributed by atoms with Gasteiger partial charge in [-0.25, -0.2) is 4.98 Å². The Kier molecular flexibility index (Phi) is 5.32. The number of benzene rings is 1. The quantitative estimate of drug-likeness (QED) is 0.854. The normalized spacial score (nSPS) is 12.6. The molecule has 1 unspecified atom stereocenters. The summed E-state index contributed by atoms with van der Waals surface area (Å²) < 4.78 is 0. The summed E-state index contributed by atoms with van der Waals surface area (Å²) in [6, 6.07) is 7.07. The van der Waals surface area contributed by atoms with Crippen LogP contribution in [-0.2, 0) is 6.42 Å². The highest BCUT2D eigenvalue weighted by atomic mass is 32.1. The van der Waals surface area contributed by atoms with Gasteiger partial charge in [-0.15, -0.1) is 11.3 Å². The van der Waals surface area contributed by atoms with E-state index in [1.807, 2.05) is 0 Å². The van der Waals surface area contributed by atoms with E-state index in [2.05, 4.69) is 61.6 Å². The summed E-state index contributed by atoms with van der Waals surface area (Å²) in [7, 11) is 0. The summed E-state index contributed by atoms with van der Waals surface area (Å²) in [6.07, 6.45) is 2.12. The van der Waals surface area contributed by atoms with E-state index in [1.165, 1.54) is 22.4 Å². The predicted octanol–water partition coefficient (Wildman–Crippen LogP) is 4.35. The summed E-state index contributed by atoms with van der Waals surface area (Å²) in [5.74, 6) is 0. The van der Waals surface area contributed by atoms with Crippen LogP contribution in [-0.4, -0.2) is 11.5 Å². The first-order chi connectivity index (χ1) is 9.60. The highest BCUT2D eigenvalue weighted by Crippen LogP contribution is 2.24. The van der Waals surface area contributed by atoms with Crippen molar-refractivity contribution in [2.24, 2.45) is 0 Å². The van der Waals surface area contributed by atoms with E-state index < -0.39 is 0 Å². The van der Waals surface area contributed by atoms with Crippen LogP contribution in [0, 0.1) is 20.8 Å². The molecule has 0 bridgehead atoms. The maximum atomic E-state index is 4.61. The summed E-state index contributed by atoms with van der Waals surface area (Å²) in [5, 5.41) is 7.01. The molecule has 0 radical (unpaired) electrons. The standard InChI is InChI=1S/C17H24N2S/c1-5-8-18-17(10-15-11-20-14(4)19-15)16-9-12(2)6-7-13(16)3/h6-7,9,11,17-18H,5,8,10H2,1-4H3. The molecule has 3 heteroatoms. The van der Waals surface area contributed by atoms with Gasteiger partial charge in [-0.1, -0.05) is 30.7 Å². The third kappa shape index (κ3) is 3.90. The van der Waals surface area contributed by atoms with Crippen LogP contribution in [0.25, 0.3) is 0 Å². The fourth-order valence-electron chi connectivity index (χ4n) is 2.46. The highest BCUT2D eigenvalue weighted by Gasteiger charge is 2.15. The molecule has 1 aromatic carbocycles. The van der Waals surface area contributed by atoms with Gasteiger partial charge in [0.15, 0.2) is 0 Å². The molecule has 0 spiro atoms. The van der Waals surface area contributed by atoms with Gasteiger partial charge in [-0.2, -0.15) is 0 Å². The SMILES string of the molecule is CCCNC(Cc1csc(C)n1)c1cc(C)ccc1C. The molecule has 0 fully saturated rings. The molecule has 1 aromatic heterocycles. The van der Waals surface area contributed by atoms with Crippen LogP contribution >= 0.6 is 11.3 Å². The molecular weight excluding hydrogens is 264 g/mol. The molecule has 1 heterocycles. The zero-order valence-corrected chi connectivity index (χ0v) is 13.7. The number of rotatable bonds is 6. The van der Waals surface area contributed by atoms with Crippen molar-refractivity contribution in [2.75, 3.05) is 6.54 Å². The first-order valence-corrected chi connectivity index (χ1v) is 8.19. The number of thiazole rings is 1. The Morgan fingerprint density at radius 3 is 2.70 bits per heavy atom. The van der Waals surface area contributed by atoms with Crippen molar-refractivity contribution in [3.8, 4) is 0 Å². The van der Waals surface area contributed by atoms with E-state index in [4.69, 9.17) is 0 Å². The Labute approximate surface area is 126 Å². The molecule has 1 atom stereocenters. The van der Waals surface area contributed by atoms with Gasteiger partial charge in [0.05, 0.1) is 10.7 Å². The third-order valence-electron chi connectivity index (χ3n) is 3.53. The van der Waals surface area contributed by atoms with Crippen LogP contribution in [0.2, 0.25) is 0 Å². The van der Waals surface area contributed by atoms with E-state index in [0.29, 0.717) is 6.04 Å². The molecule has 2 nitrogen and oxygen atoms in total. The van der Waals surface area contributed by atoms with Crippen molar-refractivity contribution in [2.45, 2.75) is 46.6 Å². The second-order valence-electron chi connectivity index (χ2n) is 5.43. The highest BCUT2D eigenvalue weighted by molar-refractivity contribution is 7.09. The van der Waals surface area contributed by atoms with Crippen LogP contribution in [0.5, 0.6) is 0 Å². The average Bonchev–Trinajstić information content (AvgIpc) is 2.83. The molecular formula is C17H24N2S. The maximum Gasteiger partial charge on any atom is 0.0897 e. The van der Waals surface area contributed by atoms with Gasteiger partial charge >= 0.3 is 0 Å². The van der Waals surface area contributed by atoms with Crippen molar-refractivity contribution in [1.82, 2.24) is 10.3 Å². The smallest absolute Gasteiger partial charge is 0.0897 e. The third-order valence-corrected chi connectivity index (χ3v) is 4.35. The summed E-state index contributed by atoms with van der Waals surface area (Å²) in [6.45, 7) is 9.68. The van der Waals surface area contributed by atoms with Crippen molar-refractivity contribution >= 4 is 11.3 Å². The minimum Gasteiger partial charge on any atom is -0.310 e. The maximum absolute atomic E-state index is 4.61. The van der Waals surface area contributed by atoms with E-state index >= 15 is 0 Å². The first-order valence-electron chi connectivity index (χ1n) is 7.31. The molecule has 1 N–H and O–H groups in total. The Morgan fingerprint density at radius 2 is 2.05 bits per heavy atom. The molecule has 0 aliphatic carbocycles. The minimum atomic E-state index is 0.358. The predicted molar refractivity (Wildman–Crippen MR) is 87.5 cm³/mol. The number of aromatic nitrogens is 1. The lowest BCUT2D eigenvalue weighted by atomic mass is 9.96. The first kappa shape index (κ1) is 15.2. The van der Waals surface area contributed by atoms with Crippen LogP contribution in [0.4, 0.5) is 0 Å². The lowest BCUT2D eigenvalue weighted by molar-refractivity contribution is 0.523. The Balaban J connectivity index is 2.24. The fraction of sp³-hybridized carbons (Fsp3) is 0.471. The minimum absolute atomic E-state index is 0.358. The molecule has 0 amide bonds. The topological polar surface area (TPSA) is 24.9 Å². The fourth-order valence-corrected chi connectivity index (χ4v) is 3.08. The van der Waals surface area contributed by atoms with E-state index in [9.17, 15) is 0 Å². The van der Waals surface area contributed by atoms with E-state index in [1.54, 1.807) is 11.3 Å². The number of nitrogens with one attached hydrogen (secondary N) is 1. The molecule has 20 heavy (non-hydrogen) atoms. The van der Waals surface area contributed by atoms with Gasteiger partial charge in [0.1, 0.15) is 0 Å².